The number of hydrogen-bond acceptors (Lipinski definition) is 4. The third-order valence-electron chi connectivity index (χ3n) is 4.96. The van der Waals surface area contributed by atoms with Gasteiger partial charge in [-0.2, -0.15) is 5.26 Å². The summed E-state index contributed by atoms with van der Waals surface area (Å²) in [5.41, 5.74) is 2.15. The summed E-state index contributed by atoms with van der Waals surface area (Å²) in [5.74, 6) is -0.595. The number of nitrogens with one attached hydrogen (secondary N) is 2. The second-order valence-electron chi connectivity index (χ2n) is 6.93. The number of fused-ring (bicyclic) bond motifs is 1. The molecule has 1 unspecified atom stereocenters. The minimum absolute atomic E-state index is 0.0952. The van der Waals surface area contributed by atoms with Gasteiger partial charge in [-0.15, -0.1) is 0 Å². The van der Waals surface area contributed by atoms with Crippen LogP contribution in [0.25, 0.3) is 10.8 Å². The average molecular weight is 444 g/mol. The molecular weight excluding hydrogens is 418 g/mol. The van der Waals surface area contributed by atoms with Crippen molar-refractivity contribution in [2.24, 2.45) is 0 Å². The topological polar surface area (TPSA) is 82.0 Å². The van der Waals surface area contributed by atoms with Crippen molar-refractivity contribution in [3.63, 3.8) is 0 Å². The van der Waals surface area contributed by atoms with E-state index in [9.17, 15) is 14.9 Å². The number of benzene rings is 3. The molecule has 32 heavy (non-hydrogen) atoms. The monoisotopic (exact) mass is 443 g/mol. The number of amides is 2. The van der Waals surface area contributed by atoms with Gasteiger partial charge in [0.25, 0.3) is 0 Å². The largest absolute Gasteiger partial charge is 0.325 e. The number of nitrogens with zero attached hydrogens (tertiary/aromatic N) is 1. The molecule has 1 atom stereocenters. The number of hydrogen-bond donors (Lipinski definition) is 2. The van der Waals surface area contributed by atoms with E-state index in [1.54, 1.807) is 0 Å². The Kier molecular flexibility index (Phi) is 8.07. The van der Waals surface area contributed by atoms with E-state index in [0.717, 1.165) is 16.3 Å². The van der Waals surface area contributed by atoms with Gasteiger partial charge in [-0.1, -0.05) is 86.3 Å². The summed E-state index contributed by atoms with van der Waals surface area (Å²) in [5, 5.41) is 18.0. The summed E-state index contributed by atoms with van der Waals surface area (Å²) in [6.07, 6.45) is 0.206. The van der Waals surface area contributed by atoms with E-state index in [1.165, 1.54) is 11.8 Å². The predicted octanol–water partition coefficient (Wildman–Crippen LogP) is 5.58. The SMILES string of the molecule is CC.N#CC1=C(SCC(=O)Nc2ccccc2)NC(=O)CC1c1cccc2ccccc12. The molecule has 0 fully saturated rings. The maximum Gasteiger partial charge on any atom is 0.234 e. The van der Waals surface area contributed by atoms with E-state index >= 15 is 0 Å². The fourth-order valence-electron chi connectivity index (χ4n) is 3.61. The Labute approximate surface area is 192 Å². The van der Waals surface area contributed by atoms with Crippen LogP contribution in [-0.4, -0.2) is 17.6 Å². The summed E-state index contributed by atoms with van der Waals surface area (Å²) < 4.78 is 0. The van der Waals surface area contributed by atoms with Gasteiger partial charge in [0.2, 0.25) is 11.8 Å². The number of carbonyl (C=O) groups excluding carboxylic acids is 2. The van der Waals surface area contributed by atoms with Gasteiger partial charge >= 0.3 is 0 Å². The first-order valence-corrected chi connectivity index (χ1v) is 11.5. The maximum atomic E-state index is 12.4. The van der Waals surface area contributed by atoms with Crippen LogP contribution >= 0.6 is 11.8 Å². The van der Waals surface area contributed by atoms with Crippen LogP contribution in [0.3, 0.4) is 0 Å². The molecule has 162 valence electrons. The minimum Gasteiger partial charge on any atom is -0.325 e. The van der Waals surface area contributed by atoms with Crippen molar-refractivity contribution in [2.45, 2.75) is 26.2 Å². The summed E-state index contributed by atoms with van der Waals surface area (Å²) in [6, 6.07) is 25.3. The number of para-hydroxylation sites is 1. The molecule has 3 aromatic carbocycles. The van der Waals surface area contributed by atoms with Crippen LogP contribution in [0, 0.1) is 11.3 Å². The third kappa shape index (κ3) is 5.37. The lowest BCUT2D eigenvalue weighted by molar-refractivity contribution is -0.121. The fourth-order valence-corrected chi connectivity index (χ4v) is 4.49. The summed E-state index contributed by atoms with van der Waals surface area (Å²) >= 11 is 1.18. The number of nitriles is 1. The lowest BCUT2D eigenvalue weighted by atomic mass is 9.84. The molecule has 6 heteroatoms. The molecule has 4 rings (SSSR count). The van der Waals surface area contributed by atoms with Gasteiger partial charge in [0.15, 0.2) is 0 Å². The van der Waals surface area contributed by atoms with Gasteiger partial charge in [0, 0.05) is 18.0 Å². The first-order valence-electron chi connectivity index (χ1n) is 10.5. The van der Waals surface area contributed by atoms with Crippen molar-refractivity contribution in [1.29, 1.82) is 5.26 Å². The summed E-state index contributed by atoms with van der Waals surface area (Å²) in [7, 11) is 0. The molecule has 3 aromatic rings. The Morgan fingerprint density at radius 3 is 2.50 bits per heavy atom. The molecule has 0 spiro atoms. The van der Waals surface area contributed by atoms with Crippen LogP contribution in [-0.2, 0) is 9.59 Å². The van der Waals surface area contributed by atoms with E-state index in [0.29, 0.717) is 16.3 Å². The van der Waals surface area contributed by atoms with Crippen molar-refractivity contribution >= 4 is 40.0 Å². The van der Waals surface area contributed by atoms with Gasteiger partial charge in [-0.3, -0.25) is 9.59 Å². The van der Waals surface area contributed by atoms with Crippen LogP contribution in [0.1, 0.15) is 31.7 Å². The molecule has 0 bridgehead atoms. The second kappa shape index (κ2) is 11.2. The number of anilines is 1. The molecule has 1 aliphatic rings. The third-order valence-corrected chi connectivity index (χ3v) is 5.98. The standard InChI is InChI=1S/C24H19N3O2S.C2H6/c25-14-21-20(19-12-6-8-16-7-4-5-11-18(16)19)13-22(28)27-24(21)30-15-23(29)26-17-9-2-1-3-10-17;1-2/h1-12,20H,13,15H2,(H,26,29)(H,27,28);1-2H3. The predicted molar refractivity (Wildman–Crippen MR) is 131 cm³/mol. The molecule has 1 heterocycles. The van der Waals surface area contributed by atoms with Crippen molar-refractivity contribution in [2.75, 3.05) is 11.1 Å². The van der Waals surface area contributed by atoms with Gasteiger partial charge in [-0.05, 0) is 28.5 Å². The zero-order chi connectivity index (χ0) is 22.9. The Hall–Kier alpha value is -3.56. The highest BCUT2D eigenvalue weighted by Crippen LogP contribution is 2.38. The van der Waals surface area contributed by atoms with Gasteiger partial charge in [-0.25, -0.2) is 0 Å². The van der Waals surface area contributed by atoms with E-state index in [1.807, 2.05) is 86.6 Å². The van der Waals surface area contributed by atoms with Gasteiger partial charge in [0.1, 0.15) is 0 Å². The molecule has 0 aliphatic carbocycles. The van der Waals surface area contributed by atoms with Crippen LogP contribution < -0.4 is 10.6 Å². The fraction of sp³-hybridized carbons (Fsp3) is 0.192. The normalized spacial score (nSPS) is 15.3. The smallest absolute Gasteiger partial charge is 0.234 e. The lowest BCUT2D eigenvalue weighted by Gasteiger charge is -2.26. The van der Waals surface area contributed by atoms with Crippen LogP contribution in [0.15, 0.2) is 83.4 Å². The summed E-state index contributed by atoms with van der Waals surface area (Å²) in [4.78, 5) is 24.7. The molecule has 2 N–H and O–H groups in total. The van der Waals surface area contributed by atoms with E-state index in [4.69, 9.17) is 0 Å². The van der Waals surface area contributed by atoms with Gasteiger partial charge in [0.05, 0.1) is 22.4 Å². The molecule has 1 aliphatic heterocycles. The van der Waals surface area contributed by atoms with Crippen LogP contribution in [0.5, 0.6) is 0 Å². The van der Waals surface area contributed by atoms with Crippen molar-refractivity contribution < 1.29 is 9.59 Å². The number of carbonyl (C=O) groups is 2. The Bertz CT molecular complexity index is 1180. The Balaban J connectivity index is 0.00000141. The zero-order valence-electron chi connectivity index (χ0n) is 18.1. The Morgan fingerprint density at radius 2 is 1.75 bits per heavy atom. The van der Waals surface area contributed by atoms with E-state index < -0.39 is 0 Å². The van der Waals surface area contributed by atoms with Crippen molar-refractivity contribution in [3.8, 4) is 6.07 Å². The molecule has 5 nitrogen and oxygen atoms in total. The maximum absolute atomic E-state index is 12.4. The van der Waals surface area contributed by atoms with Crippen molar-refractivity contribution in [1.82, 2.24) is 5.32 Å². The average Bonchev–Trinajstić information content (AvgIpc) is 2.84. The zero-order valence-corrected chi connectivity index (χ0v) is 18.9. The first kappa shape index (κ1) is 23.1. The second-order valence-corrected chi connectivity index (χ2v) is 7.92. The number of allylic oxidation sites excluding steroid dienone is 1. The van der Waals surface area contributed by atoms with Crippen LogP contribution in [0.2, 0.25) is 0 Å². The highest BCUT2D eigenvalue weighted by atomic mass is 32.2. The van der Waals surface area contributed by atoms with Crippen molar-refractivity contribution in [3.05, 3.63) is 89.0 Å². The molecule has 0 saturated carbocycles. The molecule has 0 aromatic heterocycles. The highest BCUT2D eigenvalue weighted by molar-refractivity contribution is 8.03. The summed E-state index contributed by atoms with van der Waals surface area (Å²) in [6.45, 7) is 4.00. The van der Waals surface area contributed by atoms with Crippen LogP contribution in [0.4, 0.5) is 5.69 Å². The number of thioether (sulfide) groups is 1. The first-order chi connectivity index (χ1) is 15.7. The lowest BCUT2D eigenvalue weighted by Crippen LogP contribution is -2.31. The quantitative estimate of drug-likeness (QED) is 0.540. The Morgan fingerprint density at radius 1 is 1.06 bits per heavy atom. The van der Waals surface area contributed by atoms with E-state index in [-0.39, 0.29) is 29.9 Å². The van der Waals surface area contributed by atoms with Gasteiger partial charge < -0.3 is 10.6 Å². The van der Waals surface area contributed by atoms with E-state index in [2.05, 4.69) is 16.7 Å². The minimum atomic E-state index is -0.338. The molecule has 0 saturated heterocycles. The number of rotatable bonds is 5. The highest BCUT2D eigenvalue weighted by Gasteiger charge is 2.30. The molecular formula is C26H25N3O2S. The molecule has 0 radical (unpaired) electrons. The molecule has 2 amide bonds.